The number of hydrogen-bond donors (Lipinski definition) is 1. The average Bonchev–Trinajstić information content (AvgIpc) is 3.27. The molecule has 0 spiro atoms. The van der Waals surface area contributed by atoms with Gasteiger partial charge in [-0.1, -0.05) is 12.1 Å². The summed E-state index contributed by atoms with van der Waals surface area (Å²) in [5.41, 5.74) is 4.09. The zero-order valence-electron chi connectivity index (χ0n) is 13.1. The highest BCUT2D eigenvalue weighted by Crippen LogP contribution is 2.27. The van der Waals surface area contributed by atoms with Crippen molar-refractivity contribution in [2.45, 2.75) is 25.7 Å². The summed E-state index contributed by atoms with van der Waals surface area (Å²) in [6, 6.07) is 8.09. The summed E-state index contributed by atoms with van der Waals surface area (Å²) in [5, 5.41) is 8.04. The minimum absolute atomic E-state index is 0.162. The van der Waals surface area contributed by atoms with Crippen LogP contribution in [0.5, 0.6) is 0 Å². The summed E-state index contributed by atoms with van der Waals surface area (Å²) < 4.78 is 5.59. The molecule has 4 rings (SSSR count). The number of H-pyrrole nitrogens is 1. The van der Waals surface area contributed by atoms with E-state index in [1.54, 1.807) is 12.5 Å². The lowest BCUT2D eigenvalue weighted by molar-refractivity contribution is -0.129. The Kier molecular flexibility index (Phi) is 3.41. The second-order valence-corrected chi connectivity index (χ2v) is 6.27. The molecule has 23 heavy (non-hydrogen) atoms. The molecule has 2 aromatic heterocycles. The van der Waals surface area contributed by atoms with Crippen LogP contribution in [0.1, 0.15) is 29.2 Å². The monoisotopic (exact) mass is 309 g/mol. The first-order valence-electron chi connectivity index (χ1n) is 7.94. The van der Waals surface area contributed by atoms with Gasteiger partial charge in [0, 0.05) is 41.8 Å². The Labute approximate surface area is 134 Å². The first kappa shape index (κ1) is 14.1. The fourth-order valence-electron chi connectivity index (χ4n) is 3.34. The Morgan fingerprint density at radius 3 is 3.17 bits per heavy atom. The fourth-order valence-corrected chi connectivity index (χ4v) is 3.34. The number of nitrogens with one attached hydrogen (secondary N) is 1. The quantitative estimate of drug-likeness (QED) is 0.809. The minimum Gasteiger partial charge on any atom is -0.464 e. The molecule has 1 amide bonds. The summed E-state index contributed by atoms with van der Waals surface area (Å²) in [4.78, 5) is 14.5. The Bertz CT molecular complexity index is 835. The molecule has 1 atom stereocenters. The smallest absolute Gasteiger partial charge is 0.227 e. The van der Waals surface area contributed by atoms with Crippen LogP contribution in [0.3, 0.4) is 0 Å². The molecule has 0 radical (unpaired) electrons. The predicted molar refractivity (Wildman–Crippen MR) is 87.2 cm³/mol. The van der Waals surface area contributed by atoms with Gasteiger partial charge in [-0.3, -0.25) is 9.89 Å². The third-order valence-corrected chi connectivity index (χ3v) is 4.66. The van der Waals surface area contributed by atoms with Gasteiger partial charge in [-0.25, -0.2) is 0 Å². The van der Waals surface area contributed by atoms with Crippen molar-refractivity contribution in [1.82, 2.24) is 15.1 Å². The van der Waals surface area contributed by atoms with Crippen molar-refractivity contribution in [1.29, 1.82) is 0 Å². The molecule has 0 bridgehead atoms. The van der Waals surface area contributed by atoms with E-state index in [1.165, 1.54) is 0 Å². The van der Waals surface area contributed by atoms with Crippen LogP contribution in [-0.4, -0.2) is 34.1 Å². The molecule has 5 heteroatoms. The van der Waals surface area contributed by atoms with Gasteiger partial charge in [0.25, 0.3) is 0 Å². The van der Waals surface area contributed by atoms with Crippen LogP contribution in [0, 0.1) is 6.92 Å². The van der Waals surface area contributed by atoms with Crippen molar-refractivity contribution >= 4 is 16.9 Å². The van der Waals surface area contributed by atoms with Gasteiger partial charge in [-0.2, -0.15) is 5.10 Å². The number of hydrogen-bond acceptors (Lipinski definition) is 3. The van der Waals surface area contributed by atoms with Crippen molar-refractivity contribution in [2.75, 3.05) is 13.1 Å². The van der Waals surface area contributed by atoms with Gasteiger partial charge in [0.2, 0.25) is 5.91 Å². The van der Waals surface area contributed by atoms with Gasteiger partial charge in [-0.05, 0) is 31.0 Å². The van der Waals surface area contributed by atoms with Gasteiger partial charge in [0.1, 0.15) is 5.58 Å². The lowest BCUT2D eigenvalue weighted by Gasteiger charge is -2.15. The van der Waals surface area contributed by atoms with Gasteiger partial charge in [-0.15, -0.1) is 0 Å². The summed E-state index contributed by atoms with van der Waals surface area (Å²) in [6.45, 7) is 3.60. The third kappa shape index (κ3) is 2.63. The molecule has 1 aliphatic rings. The van der Waals surface area contributed by atoms with Crippen LogP contribution in [0.4, 0.5) is 0 Å². The normalized spacial score (nSPS) is 18.0. The second kappa shape index (κ2) is 5.57. The molecule has 118 valence electrons. The summed E-state index contributed by atoms with van der Waals surface area (Å²) in [6.07, 6.45) is 4.86. The lowest BCUT2D eigenvalue weighted by atomic mass is 10.1. The van der Waals surface area contributed by atoms with Crippen LogP contribution in [0.25, 0.3) is 11.0 Å². The molecular formula is C18H19N3O2. The number of nitrogens with zero attached hydrogens (tertiary/aromatic N) is 2. The van der Waals surface area contributed by atoms with E-state index >= 15 is 0 Å². The molecule has 1 unspecified atom stereocenters. The molecule has 1 aliphatic heterocycles. The first-order valence-corrected chi connectivity index (χ1v) is 7.94. The maximum Gasteiger partial charge on any atom is 0.227 e. The van der Waals surface area contributed by atoms with E-state index in [4.69, 9.17) is 4.42 Å². The van der Waals surface area contributed by atoms with E-state index in [0.29, 0.717) is 12.3 Å². The number of fused-ring (bicyclic) bond motifs is 1. The largest absolute Gasteiger partial charge is 0.464 e. The van der Waals surface area contributed by atoms with Crippen LogP contribution >= 0.6 is 0 Å². The summed E-state index contributed by atoms with van der Waals surface area (Å²) in [5.74, 6) is 0.528. The van der Waals surface area contributed by atoms with Gasteiger partial charge < -0.3 is 9.32 Å². The fraction of sp³-hybridized carbons (Fsp3) is 0.333. The zero-order valence-corrected chi connectivity index (χ0v) is 13.1. The molecule has 3 aromatic rings. The third-order valence-electron chi connectivity index (χ3n) is 4.66. The Balaban J connectivity index is 1.47. The number of furan rings is 1. The molecular weight excluding hydrogens is 290 g/mol. The van der Waals surface area contributed by atoms with E-state index in [-0.39, 0.29) is 5.91 Å². The number of aromatic nitrogens is 2. The molecule has 3 heterocycles. The Morgan fingerprint density at radius 1 is 1.43 bits per heavy atom. The average molecular weight is 309 g/mol. The van der Waals surface area contributed by atoms with E-state index in [0.717, 1.165) is 47.3 Å². The molecule has 1 saturated heterocycles. The van der Waals surface area contributed by atoms with Crippen molar-refractivity contribution in [3.63, 3.8) is 0 Å². The first-order chi connectivity index (χ1) is 11.2. The van der Waals surface area contributed by atoms with Crippen molar-refractivity contribution in [3.8, 4) is 0 Å². The van der Waals surface area contributed by atoms with Crippen molar-refractivity contribution < 1.29 is 9.21 Å². The maximum absolute atomic E-state index is 12.6. The number of benzene rings is 1. The van der Waals surface area contributed by atoms with Crippen LogP contribution in [0.15, 0.2) is 41.1 Å². The molecule has 5 nitrogen and oxygen atoms in total. The highest BCUT2D eigenvalue weighted by atomic mass is 16.3. The molecule has 1 fully saturated rings. The Morgan fingerprint density at radius 2 is 2.35 bits per heavy atom. The maximum atomic E-state index is 12.6. The van der Waals surface area contributed by atoms with Gasteiger partial charge in [0.05, 0.1) is 12.7 Å². The number of amides is 1. The number of aromatic amines is 1. The number of likely N-dealkylation sites (tertiary alicyclic amines) is 1. The number of aryl methyl sites for hydroxylation is 1. The predicted octanol–water partition coefficient (Wildman–Crippen LogP) is 3.02. The number of carbonyl (C=O) groups is 1. The second-order valence-electron chi connectivity index (χ2n) is 6.27. The number of rotatable bonds is 3. The lowest BCUT2D eigenvalue weighted by Crippen LogP contribution is -2.29. The molecule has 0 aliphatic carbocycles. The number of carbonyl (C=O) groups excluding carboxylic acids is 1. The molecule has 0 saturated carbocycles. The van der Waals surface area contributed by atoms with E-state index in [1.807, 2.05) is 30.0 Å². The zero-order chi connectivity index (χ0) is 15.8. The molecule has 1 aromatic carbocycles. The standard InChI is InChI=1S/C18H19N3O2/c1-12-2-3-15-14(11-23-17(15)8-12)9-18(22)21-7-5-13(10-21)16-4-6-19-20-16/h2-4,6,8,11,13H,5,7,9-10H2,1H3,(H,19,20). The summed E-state index contributed by atoms with van der Waals surface area (Å²) >= 11 is 0. The SMILES string of the molecule is Cc1ccc2c(CC(=O)N3CCC(c4ccn[nH]4)C3)coc2c1. The van der Waals surface area contributed by atoms with Crippen LogP contribution in [0.2, 0.25) is 0 Å². The topological polar surface area (TPSA) is 62.1 Å². The van der Waals surface area contributed by atoms with E-state index < -0.39 is 0 Å². The van der Waals surface area contributed by atoms with E-state index in [9.17, 15) is 4.79 Å². The molecule has 1 N–H and O–H groups in total. The van der Waals surface area contributed by atoms with Crippen LogP contribution in [-0.2, 0) is 11.2 Å². The Hall–Kier alpha value is -2.56. The minimum atomic E-state index is 0.162. The highest BCUT2D eigenvalue weighted by molar-refractivity contribution is 5.88. The van der Waals surface area contributed by atoms with Crippen molar-refractivity contribution in [2.24, 2.45) is 0 Å². The van der Waals surface area contributed by atoms with Crippen LogP contribution < -0.4 is 0 Å². The summed E-state index contributed by atoms with van der Waals surface area (Å²) in [7, 11) is 0. The van der Waals surface area contributed by atoms with Gasteiger partial charge in [0.15, 0.2) is 0 Å². The van der Waals surface area contributed by atoms with Gasteiger partial charge >= 0.3 is 0 Å². The highest BCUT2D eigenvalue weighted by Gasteiger charge is 2.28. The van der Waals surface area contributed by atoms with E-state index in [2.05, 4.69) is 16.3 Å². The van der Waals surface area contributed by atoms with Crippen molar-refractivity contribution in [3.05, 3.63) is 53.5 Å².